The second-order valence-electron chi connectivity index (χ2n) is 9.10. The minimum absolute atomic E-state index is 0.0928. The molecule has 4 N–H and O–H groups in total. The SMILES string of the molecule is CCCCCCCCCCCCCCCC[N+](CCO)(CCO)CC(O)COS(=O)(=O)O. The minimum atomic E-state index is -4.61. The fourth-order valence-electron chi connectivity index (χ4n) is 4.34. The number of nitrogens with zero attached hydrogens (tertiary/aromatic N) is 1. The molecular weight excluding hydrogens is 434 g/mol. The van der Waals surface area contributed by atoms with Crippen LogP contribution in [0.25, 0.3) is 0 Å². The average Bonchev–Trinajstić information content (AvgIpc) is 2.72. The normalized spacial score (nSPS) is 13.5. The molecule has 0 aliphatic rings. The maximum Gasteiger partial charge on any atom is 0.397 e. The lowest BCUT2D eigenvalue weighted by Gasteiger charge is -2.39. The molecule has 0 aliphatic heterocycles. The first-order chi connectivity index (χ1) is 15.3. The highest BCUT2D eigenvalue weighted by atomic mass is 32.3. The van der Waals surface area contributed by atoms with Gasteiger partial charge in [0.2, 0.25) is 0 Å². The molecule has 0 aliphatic carbocycles. The van der Waals surface area contributed by atoms with Crippen molar-refractivity contribution < 1.29 is 37.0 Å². The van der Waals surface area contributed by atoms with Crippen LogP contribution in [0.1, 0.15) is 96.8 Å². The third kappa shape index (κ3) is 19.2. The zero-order valence-electron chi connectivity index (χ0n) is 20.3. The summed E-state index contributed by atoms with van der Waals surface area (Å²) in [6, 6.07) is 0. The molecule has 0 aromatic rings. The quantitative estimate of drug-likeness (QED) is 0.0939. The number of quaternary nitrogens is 1. The van der Waals surface area contributed by atoms with Crippen molar-refractivity contribution in [2.45, 2.75) is 103 Å². The Morgan fingerprint density at radius 2 is 1.12 bits per heavy atom. The van der Waals surface area contributed by atoms with Gasteiger partial charge in [-0.1, -0.05) is 84.0 Å². The van der Waals surface area contributed by atoms with Crippen LogP contribution in [0.4, 0.5) is 0 Å². The van der Waals surface area contributed by atoms with E-state index in [1.165, 1.54) is 70.6 Å². The highest BCUT2D eigenvalue weighted by Gasteiger charge is 2.30. The van der Waals surface area contributed by atoms with E-state index in [1.807, 2.05) is 0 Å². The van der Waals surface area contributed by atoms with Gasteiger partial charge in [-0.2, -0.15) is 8.42 Å². The van der Waals surface area contributed by atoms with Gasteiger partial charge in [-0.3, -0.25) is 4.55 Å². The number of aliphatic hydroxyl groups excluding tert-OH is 3. The maximum atomic E-state index is 10.7. The lowest BCUT2D eigenvalue weighted by molar-refractivity contribution is -0.931. The van der Waals surface area contributed by atoms with Gasteiger partial charge in [0, 0.05) is 0 Å². The van der Waals surface area contributed by atoms with Crippen molar-refractivity contribution in [2.24, 2.45) is 0 Å². The summed E-state index contributed by atoms with van der Waals surface area (Å²) in [5, 5.41) is 29.1. The van der Waals surface area contributed by atoms with E-state index in [9.17, 15) is 23.7 Å². The van der Waals surface area contributed by atoms with Gasteiger partial charge in [-0.05, 0) is 12.8 Å². The first kappa shape index (κ1) is 31.7. The van der Waals surface area contributed by atoms with E-state index in [-0.39, 0.29) is 19.8 Å². The topological polar surface area (TPSA) is 124 Å². The predicted molar refractivity (Wildman–Crippen MR) is 128 cm³/mol. The molecule has 8 nitrogen and oxygen atoms in total. The summed E-state index contributed by atoms with van der Waals surface area (Å²) in [7, 11) is -4.61. The maximum absolute atomic E-state index is 10.7. The van der Waals surface area contributed by atoms with E-state index >= 15 is 0 Å². The molecule has 0 saturated heterocycles. The predicted octanol–water partition coefficient (Wildman–Crippen LogP) is 3.45. The van der Waals surface area contributed by atoms with Crippen LogP contribution >= 0.6 is 0 Å². The zero-order chi connectivity index (χ0) is 24.1. The van der Waals surface area contributed by atoms with E-state index < -0.39 is 23.1 Å². The summed E-state index contributed by atoms with van der Waals surface area (Å²) >= 11 is 0. The first-order valence-corrected chi connectivity index (χ1v) is 14.0. The molecule has 0 heterocycles. The van der Waals surface area contributed by atoms with Crippen LogP contribution in [0.5, 0.6) is 0 Å². The van der Waals surface area contributed by atoms with E-state index in [0.29, 0.717) is 24.1 Å². The third-order valence-electron chi connectivity index (χ3n) is 6.14. The van der Waals surface area contributed by atoms with Gasteiger partial charge < -0.3 is 19.8 Å². The molecule has 194 valence electrons. The summed E-state index contributed by atoms with van der Waals surface area (Å²) in [5.74, 6) is 0. The van der Waals surface area contributed by atoms with Crippen LogP contribution in [-0.2, 0) is 14.6 Å². The molecule has 0 amide bonds. The van der Waals surface area contributed by atoms with Gasteiger partial charge in [-0.15, -0.1) is 0 Å². The Labute approximate surface area is 196 Å². The fraction of sp³-hybridized carbons (Fsp3) is 1.00. The Balaban J connectivity index is 4.04. The van der Waals surface area contributed by atoms with Crippen molar-refractivity contribution in [3.63, 3.8) is 0 Å². The summed E-state index contributed by atoms with van der Waals surface area (Å²) in [5.41, 5.74) is 0. The highest BCUT2D eigenvalue weighted by Crippen LogP contribution is 2.16. The molecule has 0 bridgehead atoms. The van der Waals surface area contributed by atoms with E-state index in [0.717, 1.165) is 19.3 Å². The largest absolute Gasteiger partial charge is 0.397 e. The molecule has 32 heavy (non-hydrogen) atoms. The van der Waals surface area contributed by atoms with Crippen LogP contribution in [-0.4, -0.2) is 84.9 Å². The second kappa shape index (κ2) is 20.1. The average molecular weight is 485 g/mol. The van der Waals surface area contributed by atoms with Crippen molar-refractivity contribution >= 4 is 10.4 Å². The number of hydrogen-bond donors (Lipinski definition) is 4. The highest BCUT2D eigenvalue weighted by molar-refractivity contribution is 7.80. The molecule has 0 aromatic heterocycles. The Bertz CT molecular complexity index is 510. The summed E-state index contributed by atoms with van der Waals surface area (Å²) in [6.45, 7) is 3.07. The number of rotatable bonds is 24. The molecule has 0 radical (unpaired) electrons. The molecule has 1 unspecified atom stereocenters. The molecule has 0 fully saturated rings. The number of aliphatic hydroxyl groups is 3. The van der Waals surface area contributed by atoms with Crippen LogP contribution in [0.15, 0.2) is 0 Å². The zero-order valence-corrected chi connectivity index (χ0v) is 21.1. The Hall–Kier alpha value is -0.290. The summed E-state index contributed by atoms with van der Waals surface area (Å²) in [4.78, 5) is 0. The molecule has 1 atom stereocenters. The Kier molecular flexibility index (Phi) is 19.9. The Morgan fingerprint density at radius 1 is 0.719 bits per heavy atom. The lowest BCUT2D eigenvalue weighted by atomic mass is 10.0. The van der Waals surface area contributed by atoms with Gasteiger partial charge >= 0.3 is 10.4 Å². The fourth-order valence-corrected chi connectivity index (χ4v) is 4.67. The van der Waals surface area contributed by atoms with Crippen molar-refractivity contribution in [1.82, 2.24) is 0 Å². The van der Waals surface area contributed by atoms with E-state index in [1.54, 1.807) is 0 Å². The minimum Gasteiger partial charge on any atom is -0.391 e. The Morgan fingerprint density at radius 3 is 1.50 bits per heavy atom. The lowest BCUT2D eigenvalue weighted by Crippen LogP contribution is -2.56. The summed E-state index contributed by atoms with van der Waals surface area (Å²) < 4.78 is 34.6. The van der Waals surface area contributed by atoms with Crippen LogP contribution < -0.4 is 0 Å². The molecule has 0 spiro atoms. The van der Waals surface area contributed by atoms with Gasteiger partial charge in [0.05, 0.1) is 19.8 Å². The van der Waals surface area contributed by atoms with Crippen molar-refractivity contribution in [1.29, 1.82) is 0 Å². The van der Waals surface area contributed by atoms with Gasteiger partial charge in [0.1, 0.15) is 32.3 Å². The van der Waals surface area contributed by atoms with Crippen LogP contribution in [0.2, 0.25) is 0 Å². The van der Waals surface area contributed by atoms with Crippen molar-refractivity contribution in [2.75, 3.05) is 46.0 Å². The van der Waals surface area contributed by atoms with Crippen molar-refractivity contribution in [3.8, 4) is 0 Å². The standard InChI is InChI=1S/C23H49NO7S/c1-2-3-4-5-6-7-8-9-10-11-12-13-14-15-16-24(17-19-25,18-20-26)21-23(27)22-31-32(28,29)30/h23,25-27H,2-22H2,1H3/p+1. The summed E-state index contributed by atoms with van der Waals surface area (Å²) in [6.07, 6.45) is 16.6. The molecular formula is C23H50NO7S+. The first-order valence-electron chi connectivity index (χ1n) is 12.7. The molecule has 0 saturated carbocycles. The number of hydrogen-bond acceptors (Lipinski definition) is 6. The van der Waals surface area contributed by atoms with Gasteiger partial charge in [0.15, 0.2) is 0 Å². The van der Waals surface area contributed by atoms with Gasteiger partial charge in [-0.25, -0.2) is 4.18 Å². The molecule has 0 rings (SSSR count). The second-order valence-corrected chi connectivity index (χ2v) is 10.2. The van der Waals surface area contributed by atoms with Gasteiger partial charge in [0.25, 0.3) is 0 Å². The monoisotopic (exact) mass is 484 g/mol. The van der Waals surface area contributed by atoms with Crippen molar-refractivity contribution in [3.05, 3.63) is 0 Å². The molecule has 9 heteroatoms. The molecule has 0 aromatic carbocycles. The van der Waals surface area contributed by atoms with Crippen LogP contribution in [0, 0.1) is 0 Å². The van der Waals surface area contributed by atoms with E-state index in [2.05, 4.69) is 11.1 Å². The van der Waals surface area contributed by atoms with E-state index in [4.69, 9.17) is 4.55 Å². The van der Waals surface area contributed by atoms with Crippen LogP contribution in [0.3, 0.4) is 0 Å². The number of unbranched alkanes of at least 4 members (excludes halogenated alkanes) is 13. The third-order valence-corrected chi connectivity index (χ3v) is 6.58. The smallest absolute Gasteiger partial charge is 0.391 e.